The molecule has 0 aliphatic rings. The standard InChI is InChI=1S/C10H5BrClIN2O/c11-6-5-14-10(12)15-9(6)16-8-4-2-1-3-7(8)13/h1-5H. The molecule has 0 bridgehead atoms. The Morgan fingerprint density at radius 2 is 2.06 bits per heavy atom. The van der Waals surface area contributed by atoms with Crippen LogP contribution in [0, 0.1) is 3.57 Å². The molecule has 0 saturated carbocycles. The molecule has 6 heteroatoms. The molecule has 1 heterocycles. The van der Waals surface area contributed by atoms with Gasteiger partial charge in [-0.25, -0.2) is 4.98 Å². The maximum absolute atomic E-state index is 5.70. The minimum atomic E-state index is 0.157. The number of ether oxygens (including phenoxy) is 1. The molecule has 3 nitrogen and oxygen atoms in total. The lowest BCUT2D eigenvalue weighted by molar-refractivity contribution is 0.455. The van der Waals surface area contributed by atoms with E-state index in [-0.39, 0.29) is 5.28 Å². The Morgan fingerprint density at radius 3 is 2.81 bits per heavy atom. The minimum Gasteiger partial charge on any atom is -0.437 e. The molecule has 82 valence electrons. The van der Waals surface area contributed by atoms with E-state index in [1.54, 1.807) is 6.20 Å². The summed E-state index contributed by atoms with van der Waals surface area (Å²) in [7, 11) is 0. The van der Waals surface area contributed by atoms with Gasteiger partial charge in [0.05, 0.1) is 8.04 Å². The van der Waals surface area contributed by atoms with E-state index in [4.69, 9.17) is 16.3 Å². The summed E-state index contributed by atoms with van der Waals surface area (Å²) < 4.78 is 7.30. The Hall–Kier alpha value is -0.400. The fourth-order valence-electron chi connectivity index (χ4n) is 1.03. The highest BCUT2D eigenvalue weighted by molar-refractivity contribution is 14.1. The molecule has 2 aromatic rings. The van der Waals surface area contributed by atoms with Crippen LogP contribution in [0.5, 0.6) is 11.6 Å². The Morgan fingerprint density at radius 1 is 1.31 bits per heavy atom. The molecular formula is C10H5BrClIN2O. The van der Waals surface area contributed by atoms with Gasteiger partial charge in [-0.2, -0.15) is 4.98 Å². The van der Waals surface area contributed by atoms with Gasteiger partial charge in [0.25, 0.3) is 0 Å². The van der Waals surface area contributed by atoms with Crippen molar-refractivity contribution in [2.24, 2.45) is 0 Å². The molecular weight excluding hydrogens is 406 g/mol. The first kappa shape index (κ1) is 12.1. The van der Waals surface area contributed by atoms with E-state index in [0.717, 1.165) is 9.32 Å². The molecule has 1 aromatic carbocycles. The summed E-state index contributed by atoms with van der Waals surface area (Å²) in [5.41, 5.74) is 0. The van der Waals surface area contributed by atoms with Crippen LogP contribution >= 0.6 is 50.1 Å². The van der Waals surface area contributed by atoms with E-state index in [1.165, 1.54) is 0 Å². The summed E-state index contributed by atoms with van der Waals surface area (Å²) in [5.74, 6) is 1.14. The molecule has 2 rings (SSSR count). The third-order valence-corrected chi connectivity index (χ3v) is 3.34. The highest BCUT2D eigenvalue weighted by atomic mass is 127. The van der Waals surface area contributed by atoms with Crippen molar-refractivity contribution in [2.75, 3.05) is 0 Å². The highest BCUT2D eigenvalue weighted by Crippen LogP contribution is 2.30. The maximum Gasteiger partial charge on any atom is 0.238 e. The van der Waals surface area contributed by atoms with Crippen LogP contribution in [0.25, 0.3) is 0 Å². The van der Waals surface area contributed by atoms with Crippen LogP contribution in [-0.2, 0) is 0 Å². The lowest BCUT2D eigenvalue weighted by atomic mass is 10.3. The van der Waals surface area contributed by atoms with E-state index in [9.17, 15) is 0 Å². The Labute approximate surface area is 119 Å². The van der Waals surface area contributed by atoms with E-state index >= 15 is 0 Å². The number of nitrogens with zero attached hydrogens (tertiary/aromatic N) is 2. The van der Waals surface area contributed by atoms with Crippen molar-refractivity contribution in [3.63, 3.8) is 0 Å². The first-order chi connectivity index (χ1) is 7.66. The van der Waals surface area contributed by atoms with Crippen LogP contribution in [0.3, 0.4) is 0 Å². The average Bonchev–Trinajstić information content (AvgIpc) is 2.27. The number of para-hydroxylation sites is 1. The number of aromatic nitrogens is 2. The molecule has 16 heavy (non-hydrogen) atoms. The summed E-state index contributed by atoms with van der Waals surface area (Å²) in [6.07, 6.45) is 1.56. The van der Waals surface area contributed by atoms with Crippen LogP contribution in [0.2, 0.25) is 5.28 Å². The van der Waals surface area contributed by atoms with Gasteiger partial charge in [-0.1, -0.05) is 12.1 Å². The molecule has 0 unspecified atom stereocenters. The zero-order valence-electron chi connectivity index (χ0n) is 7.82. The van der Waals surface area contributed by atoms with Gasteiger partial charge in [-0.3, -0.25) is 0 Å². The van der Waals surface area contributed by atoms with Gasteiger partial charge in [0.15, 0.2) is 0 Å². The SMILES string of the molecule is Clc1ncc(Br)c(Oc2ccccc2I)n1. The molecule has 0 spiro atoms. The molecule has 0 N–H and O–H groups in total. The monoisotopic (exact) mass is 410 g/mol. The number of benzene rings is 1. The van der Waals surface area contributed by atoms with Crippen LogP contribution in [0.1, 0.15) is 0 Å². The number of halogens is 3. The van der Waals surface area contributed by atoms with Crippen molar-refractivity contribution in [2.45, 2.75) is 0 Å². The second-order valence-electron chi connectivity index (χ2n) is 2.82. The lowest BCUT2D eigenvalue weighted by Crippen LogP contribution is -1.93. The van der Waals surface area contributed by atoms with Crippen molar-refractivity contribution in [3.05, 3.63) is 43.8 Å². The lowest BCUT2D eigenvalue weighted by Gasteiger charge is -2.07. The van der Waals surface area contributed by atoms with Crippen molar-refractivity contribution < 1.29 is 4.74 Å². The van der Waals surface area contributed by atoms with Gasteiger partial charge in [-0.05, 0) is 62.3 Å². The zero-order chi connectivity index (χ0) is 11.5. The molecule has 0 amide bonds. The van der Waals surface area contributed by atoms with Crippen molar-refractivity contribution in [1.82, 2.24) is 9.97 Å². The maximum atomic E-state index is 5.70. The summed E-state index contributed by atoms with van der Waals surface area (Å²) >= 11 is 11.2. The first-order valence-corrected chi connectivity index (χ1v) is 6.52. The fraction of sp³-hybridized carbons (Fsp3) is 0. The molecule has 0 aliphatic heterocycles. The average molecular weight is 411 g/mol. The normalized spacial score (nSPS) is 10.2. The van der Waals surface area contributed by atoms with E-state index in [2.05, 4.69) is 48.5 Å². The second-order valence-corrected chi connectivity index (χ2v) is 5.18. The summed E-state index contributed by atoms with van der Waals surface area (Å²) in [4.78, 5) is 7.82. The van der Waals surface area contributed by atoms with E-state index in [1.807, 2.05) is 24.3 Å². The zero-order valence-corrected chi connectivity index (χ0v) is 12.3. The Balaban J connectivity index is 2.34. The van der Waals surface area contributed by atoms with Gasteiger partial charge in [0.1, 0.15) is 5.75 Å². The van der Waals surface area contributed by atoms with Gasteiger partial charge in [0.2, 0.25) is 11.2 Å². The van der Waals surface area contributed by atoms with Crippen LogP contribution < -0.4 is 4.74 Å². The third-order valence-electron chi connectivity index (χ3n) is 1.73. The van der Waals surface area contributed by atoms with Crippen molar-refractivity contribution in [3.8, 4) is 11.6 Å². The largest absolute Gasteiger partial charge is 0.437 e. The van der Waals surface area contributed by atoms with Gasteiger partial charge >= 0.3 is 0 Å². The summed E-state index contributed by atoms with van der Waals surface area (Å²) in [5, 5.41) is 0.157. The third kappa shape index (κ3) is 2.83. The van der Waals surface area contributed by atoms with Crippen molar-refractivity contribution >= 4 is 50.1 Å². The van der Waals surface area contributed by atoms with Crippen LogP contribution in [-0.4, -0.2) is 9.97 Å². The minimum absolute atomic E-state index is 0.157. The van der Waals surface area contributed by atoms with Gasteiger partial charge in [0, 0.05) is 6.20 Å². The predicted molar refractivity (Wildman–Crippen MR) is 74.0 cm³/mol. The molecule has 0 aliphatic carbocycles. The Bertz CT molecular complexity index is 524. The number of hydrogen-bond acceptors (Lipinski definition) is 3. The van der Waals surface area contributed by atoms with Crippen molar-refractivity contribution in [1.29, 1.82) is 0 Å². The smallest absolute Gasteiger partial charge is 0.238 e. The molecule has 0 atom stereocenters. The fourth-order valence-corrected chi connectivity index (χ4v) is 1.93. The summed E-state index contributed by atoms with van der Waals surface area (Å²) in [6, 6.07) is 7.65. The quantitative estimate of drug-likeness (QED) is 0.546. The van der Waals surface area contributed by atoms with E-state index in [0.29, 0.717) is 10.4 Å². The van der Waals surface area contributed by atoms with Crippen LogP contribution in [0.4, 0.5) is 0 Å². The predicted octanol–water partition coefficient (Wildman–Crippen LogP) is 4.29. The number of rotatable bonds is 2. The van der Waals surface area contributed by atoms with E-state index < -0.39 is 0 Å². The first-order valence-electron chi connectivity index (χ1n) is 4.27. The molecule has 0 fully saturated rings. The second kappa shape index (κ2) is 5.29. The Kier molecular flexibility index (Phi) is 3.99. The molecule has 0 radical (unpaired) electrons. The molecule has 0 saturated heterocycles. The van der Waals surface area contributed by atoms with Gasteiger partial charge in [-0.15, -0.1) is 0 Å². The van der Waals surface area contributed by atoms with Crippen LogP contribution in [0.15, 0.2) is 34.9 Å². The highest BCUT2D eigenvalue weighted by Gasteiger charge is 2.08. The van der Waals surface area contributed by atoms with Gasteiger partial charge < -0.3 is 4.74 Å². The summed E-state index contributed by atoms with van der Waals surface area (Å²) in [6.45, 7) is 0. The number of hydrogen-bond donors (Lipinski definition) is 0. The molecule has 1 aromatic heterocycles. The topological polar surface area (TPSA) is 35.0 Å².